The molecule has 0 saturated carbocycles. The second-order valence-corrected chi connectivity index (χ2v) is 5.97. The molecule has 23 heavy (non-hydrogen) atoms. The second kappa shape index (κ2) is 6.97. The topological polar surface area (TPSA) is 82.2 Å². The summed E-state index contributed by atoms with van der Waals surface area (Å²) in [6.07, 6.45) is 0. The van der Waals surface area contributed by atoms with E-state index < -0.39 is 0 Å². The molecule has 120 valence electrons. The summed E-state index contributed by atoms with van der Waals surface area (Å²) < 4.78 is 7.88. The fourth-order valence-corrected chi connectivity index (χ4v) is 3.27. The van der Waals surface area contributed by atoms with Gasteiger partial charge in [-0.2, -0.15) is 0 Å². The van der Waals surface area contributed by atoms with E-state index in [1.165, 1.54) is 11.3 Å². The molecule has 0 bridgehead atoms. The number of methoxy groups -OCH3 is 1. The standard InChI is InChI=1S/C16H15N3O2S.BrH/c1-21-12-5-2-10(3-6-12)14(20)9-19-13-7-4-11(17)8-15(13)22-16(19)18;/h2-8,18H,9,17H2,1H3;1H. The number of rotatable bonds is 4. The monoisotopic (exact) mass is 393 g/mol. The van der Waals surface area contributed by atoms with Crippen molar-refractivity contribution in [1.29, 1.82) is 0 Å². The summed E-state index contributed by atoms with van der Waals surface area (Å²) in [5.74, 6) is 0.719. The van der Waals surface area contributed by atoms with Crippen molar-refractivity contribution in [3.8, 4) is 5.75 Å². The molecule has 0 spiro atoms. The SMILES string of the molecule is COc1ccc(C(=O)C[n+]2c(N)sc3cc(N)ccc32)cc1.[Br-]. The quantitative estimate of drug-likeness (QED) is 0.347. The Morgan fingerprint density at radius 1 is 1.17 bits per heavy atom. The normalized spacial score (nSPS) is 10.3. The number of hydrogen-bond acceptors (Lipinski definition) is 5. The van der Waals surface area contributed by atoms with Gasteiger partial charge in [-0.05, 0) is 53.8 Å². The molecular formula is C16H16BrN3O2S. The van der Waals surface area contributed by atoms with E-state index >= 15 is 0 Å². The Morgan fingerprint density at radius 2 is 1.87 bits per heavy atom. The number of thiazole rings is 1. The molecule has 2 aromatic carbocycles. The molecule has 0 amide bonds. The van der Waals surface area contributed by atoms with E-state index in [1.807, 2.05) is 22.8 Å². The van der Waals surface area contributed by atoms with Crippen LogP contribution in [0.5, 0.6) is 5.75 Å². The average molecular weight is 394 g/mol. The van der Waals surface area contributed by atoms with Crippen molar-refractivity contribution in [3.63, 3.8) is 0 Å². The maximum Gasteiger partial charge on any atom is 0.333 e. The van der Waals surface area contributed by atoms with Crippen molar-refractivity contribution in [2.24, 2.45) is 0 Å². The highest BCUT2D eigenvalue weighted by molar-refractivity contribution is 7.21. The zero-order valence-electron chi connectivity index (χ0n) is 12.5. The Labute approximate surface area is 148 Å². The lowest BCUT2D eigenvalue weighted by Crippen LogP contribution is -3.00. The number of benzene rings is 2. The number of nitrogens with zero attached hydrogens (tertiary/aromatic N) is 1. The molecule has 0 aliphatic heterocycles. The van der Waals surface area contributed by atoms with E-state index in [2.05, 4.69) is 0 Å². The molecule has 7 heteroatoms. The number of ether oxygens (including phenoxy) is 1. The van der Waals surface area contributed by atoms with E-state index in [1.54, 1.807) is 31.4 Å². The Kier molecular flexibility index (Phi) is 5.23. The number of nitrogens with two attached hydrogens (primary N) is 2. The highest BCUT2D eigenvalue weighted by Crippen LogP contribution is 2.24. The van der Waals surface area contributed by atoms with Crippen LogP contribution in [0.4, 0.5) is 10.8 Å². The van der Waals surface area contributed by atoms with E-state index in [0.29, 0.717) is 16.4 Å². The predicted molar refractivity (Wildman–Crippen MR) is 88.2 cm³/mol. The van der Waals surface area contributed by atoms with Gasteiger partial charge in [0.15, 0.2) is 6.54 Å². The van der Waals surface area contributed by atoms with E-state index in [-0.39, 0.29) is 29.3 Å². The van der Waals surface area contributed by atoms with Gasteiger partial charge in [-0.3, -0.25) is 10.5 Å². The Morgan fingerprint density at radius 3 is 2.52 bits per heavy atom. The summed E-state index contributed by atoms with van der Waals surface area (Å²) in [6.45, 7) is 0.197. The highest BCUT2D eigenvalue weighted by atomic mass is 79.9. The van der Waals surface area contributed by atoms with Crippen LogP contribution in [-0.2, 0) is 6.54 Å². The second-order valence-electron chi connectivity index (χ2n) is 4.91. The maximum absolute atomic E-state index is 12.4. The number of Topliss-reactive ketones (excluding diaryl/α,β-unsaturated/α-hetero) is 1. The predicted octanol–water partition coefficient (Wildman–Crippen LogP) is -0.751. The van der Waals surface area contributed by atoms with Gasteiger partial charge in [-0.15, -0.1) is 0 Å². The number of ketones is 1. The van der Waals surface area contributed by atoms with Crippen molar-refractivity contribution in [3.05, 3.63) is 48.0 Å². The summed E-state index contributed by atoms with van der Waals surface area (Å²) in [4.78, 5) is 12.4. The van der Waals surface area contributed by atoms with Crippen LogP contribution in [0.2, 0.25) is 0 Å². The van der Waals surface area contributed by atoms with Crippen LogP contribution in [0.25, 0.3) is 10.2 Å². The smallest absolute Gasteiger partial charge is 0.333 e. The molecule has 0 fully saturated rings. The van der Waals surface area contributed by atoms with Gasteiger partial charge in [0, 0.05) is 11.3 Å². The molecule has 0 saturated heterocycles. The lowest BCUT2D eigenvalue weighted by molar-refractivity contribution is -0.638. The number of carbonyl (C=O) groups is 1. The summed E-state index contributed by atoms with van der Waals surface area (Å²) >= 11 is 1.42. The molecule has 5 nitrogen and oxygen atoms in total. The fraction of sp³-hybridized carbons (Fsp3) is 0.125. The minimum Gasteiger partial charge on any atom is -1.00 e. The number of hydrogen-bond donors (Lipinski definition) is 2. The van der Waals surface area contributed by atoms with Crippen molar-refractivity contribution in [1.82, 2.24) is 0 Å². The van der Waals surface area contributed by atoms with E-state index in [9.17, 15) is 4.79 Å². The first kappa shape index (κ1) is 17.2. The van der Waals surface area contributed by atoms with Crippen LogP contribution in [-0.4, -0.2) is 12.9 Å². The number of carbonyl (C=O) groups excluding carboxylic acids is 1. The maximum atomic E-state index is 12.4. The van der Waals surface area contributed by atoms with Gasteiger partial charge >= 0.3 is 5.13 Å². The highest BCUT2D eigenvalue weighted by Gasteiger charge is 2.19. The molecule has 0 aliphatic rings. The Hall–Kier alpha value is -2.12. The van der Waals surface area contributed by atoms with Crippen LogP contribution in [0.1, 0.15) is 10.4 Å². The molecule has 0 aliphatic carbocycles. The number of nitrogen functional groups attached to an aromatic ring is 2. The average Bonchev–Trinajstić information content (AvgIpc) is 2.82. The Balaban J connectivity index is 0.00000192. The summed E-state index contributed by atoms with van der Waals surface area (Å²) in [7, 11) is 1.59. The molecule has 1 aromatic heterocycles. The third-order valence-corrected chi connectivity index (χ3v) is 4.45. The molecule has 1 heterocycles. The van der Waals surface area contributed by atoms with Gasteiger partial charge in [0.05, 0.1) is 11.8 Å². The minimum absolute atomic E-state index is 0. The van der Waals surface area contributed by atoms with Gasteiger partial charge < -0.3 is 27.5 Å². The largest absolute Gasteiger partial charge is 1.00 e. The third-order valence-electron chi connectivity index (χ3n) is 3.47. The molecule has 0 unspecified atom stereocenters. The van der Waals surface area contributed by atoms with Crippen LogP contribution in [0.15, 0.2) is 42.5 Å². The van der Waals surface area contributed by atoms with Gasteiger partial charge in [0.1, 0.15) is 11.3 Å². The number of halogens is 1. The number of fused-ring (bicyclic) bond motifs is 1. The van der Waals surface area contributed by atoms with Crippen molar-refractivity contribution >= 4 is 38.2 Å². The third kappa shape index (κ3) is 3.46. The van der Waals surface area contributed by atoms with Crippen LogP contribution in [0, 0.1) is 0 Å². The molecule has 4 N–H and O–H groups in total. The van der Waals surface area contributed by atoms with Crippen molar-refractivity contribution in [2.45, 2.75) is 6.54 Å². The summed E-state index contributed by atoms with van der Waals surface area (Å²) in [5.41, 5.74) is 14.0. The molecule has 3 rings (SSSR count). The lowest BCUT2D eigenvalue weighted by atomic mass is 10.1. The first-order valence-corrected chi connectivity index (χ1v) is 7.54. The zero-order chi connectivity index (χ0) is 15.7. The first-order valence-electron chi connectivity index (χ1n) is 6.73. The number of aromatic nitrogens is 1. The van der Waals surface area contributed by atoms with Gasteiger partial charge in [0.2, 0.25) is 5.78 Å². The van der Waals surface area contributed by atoms with Crippen molar-refractivity contribution in [2.75, 3.05) is 18.6 Å². The van der Waals surface area contributed by atoms with E-state index in [0.717, 1.165) is 16.0 Å². The molecular weight excluding hydrogens is 378 g/mol. The van der Waals surface area contributed by atoms with Gasteiger partial charge in [0.25, 0.3) is 0 Å². The van der Waals surface area contributed by atoms with E-state index in [4.69, 9.17) is 16.2 Å². The molecule has 3 aromatic rings. The van der Waals surface area contributed by atoms with Crippen LogP contribution in [0.3, 0.4) is 0 Å². The van der Waals surface area contributed by atoms with Crippen molar-refractivity contribution < 1.29 is 31.1 Å². The van der Waals surface area contributed by atoms with Gasteiger partial charge in [-0.1, -0.05) is 0 Å². The first-order chi connectivity index (χ1) is 10.6. The Bertz CT molecular complexity index is 846. The van der Waals surface area contributed by atoms with Crippen LogP contribution >= 0.6 is 11.3 Å². The zero-order valence-corrected chi connectivity index (χ0v) is 14.9. The fourth-order valence-electron chi connectivity index (χ4n) is 2.30. The summed E-state index contributed by atoms with van der Waals surface area (Å²) in [5, 5.41) is 0.586. The van der Waals surface area contributed by atoms with Crippen LogP contribution < -0.4 is 37.8 Å². The molecule has 0 radical (unpaired) electrons. The summed E-state index contributed by atoms with van der Waals surface area (Å²) in [6, 6.07) is 12.6. The number of anilines is 2. The molecule has 0 atom stereocenters. The minimum atomic E-state index is -0.00382. The lowest BCUT2D eigenvalue weighted by Gasteiger charge is -2.03. The van der Waals surface area contributed by atoms with Gasteiger partial charge in [-0.25, -0.2) is 4.57 Å².